The summed E-state index contributed by atoms with van der Waals surface area (Å²) < 4.78 is 12.9. The van der Waals surface area contributed by atoms with Gasteiger partial charge in [0, 0.05) is 0 Å². The Kier molecular flexibility index (Phi) is 3.39. The van der Waals surface area contributed by atoms with Crippen LogP contribution >= 0.6 is 0 Å². The van der Waals surface area contributed by atoms with Crippen molar-refractivity contribution >= 4 is 0 Å². The maximum atomic E-state index is 6.50. The molecule has 1 heterocycles. The molecule has 0 radical (unpaired) electrons. The molecule has 6 atom stereocenters. The van der Waals surface area contributed by atoms with E-state index in [-0.39, 0.29) is 11.7 Å². The zero-order valence-corrected chi connectivity index (χ0v) is 14.7. The maximum Gasteiger partial charge on any atom is 0.188 e. The van der Waals surface area contributed by atoms with Crippen LogP contribution in [0.15, 0.2) is 12.2 Å². The lowest BCUT2D eigenvalue weighted by molar-refractivity contribution is -0.155. The summed E-state index contributed by atoms with van der Waals surface area (Å²) in [5.41, 5.74) is 1.12. The fourth-order valence-corrected chi connectivity index (χ4v) is 5.48. The van der Waals surface area contributed by atoms with Crippen molar-refractivity contribution in [2.45, 2.75) is 84.7 Å². The Hall–Kier alpha value is -0.340. The Morgan fingerprint density at radius 2 is 1.81 bits per heavy atom. The molecular formula is C19H32O2. The maximum absolute atomic E-state index is 6.50. The van der Waals surface area contributed by atoms with Crippen LogP contribution in [0.1, 0.15) is 67.2 Å². The average Bonchev–Trinajstić information content (AvgIpc) is 2.77. The average molecular weight is 292 g/mol. The van der Waals surface area contributed by atoms with Crippen LogP contribution in [0.4, 0.5) is 0 Å². The first-order valence-corrected chi connectivity index (χ1v) is 8.61. The highest BCUT2D eigenvalue weighted by Crippen LogP contribution is 2.59. The highest BCUT2D eigenvalue weighted by Gasteiger charge is 2.59. The minimum atomic E-state index is -0.607. The number of hydrogen-bond acceptors (Lipinski definition) is 2. The Balaban J connectivity index is 1.95. The molecule has 3 rings (SSSR count). The van der Waals surface area contributed by atoms with Gasteiger partial charge in [-0.3, -0.25) is 0 Å². The Morgan fingerprint density at radius 3 is 2.43 bits per heavy atom. The Labute approximate surface area is 130 Å². The highest BCUT2D eigenvalue weighted by atomic mass is 16.8. The number of fused-ring (bicyclic) bond motifs is 2. The minimum absolute atomic E-state index is 0.179. The van der Waals surface area contributed by atoms with Crippen LogP contribution in [0.5, 0.6) is 0 Å². The van der Waals surface area contributed by atoms with E-state index in [0.717, 1.165) is 36.2 Å². The van der Waals surface area contributed by atoms with Gasteiger partial charge in [-0.15, -0.1) is 0 Å². The first-order valence-electron chi connectivity index (χ1n) is 8.61. The van der Waals surface area contributed by atoms with E-state index in [9.17, 15) is 0 Å². The van der Waals surface area contributed by atoms with Crippen LogP contribution in [-0.4, -0.2) is 17.5 Å². The van der Waals surface area contributed by atoms with Gasteiger partial charge in [0.25, 0.3) is 0 Å². The van der Waals surface area contributed by atoms with Crippen molar-refractivity contribution in [2.24, 2.45) is 23.2 Å². The zero-order chi connectivity index (χ0) is 15.6. The molecule has 0 aromatic carbocycles. The normalized spacial score (nSPS) is 52.1. The van der Waals surface area contributed by atoms with Gasteiger partial charge in [-0.1, -0.05) is 33.8 Å². The van der Waals surface area contributed by atoms with Crippen molar-refractivity contribution in [3.63, 3.8) is 0 Å². The van der Waals surface area contributed by atoms with Crippen LogP contribution in [-0.2, 0) is 9.47 Å². The molecule has 2 heteroatoms. The molecule has 0 aromatic rings. The summed E-state index contributed by atoms with van der Waals surface area (Å²) in [7, 11) is 0. The molecule has 0 spiro atoms. The van der Waals surface area contributed by atoms with Crippen LogP contribution in [0, 0.1) is 23.2 Å². The third kappa shape index (κ3) is 2.30. The van der Waals surface area contributed by atoms with Gasteiger partial charge in [-0.25, -0.2) is 0 Å². The number of ether oxygens (including phenoxy) is 2. The fourth-order valence-electron chi connectivity index (χ4n) is 5.48. The van der Waals surface area contributed by atoms with Gasteiger partial charge < -0.3 is 9.47 Å². The van der Waals surface area contributed by atoms with E-state index >= 15 is 0 Å². The van der Waals surface area contributed by atoms with E-state index in [0.29, 0.717) is 5.41 Å². The lowest BCUT2D eigenvalue weighted by atomic mass is 9.69. The molecule has 2 aliphatic carbocycles. The Bertz CT molecular complexity index is 454. The van der Waals surface area contributed by atoms with Crippen molar-refractivity contribution in [3.05, 3.63) is 12.2 Å². The molecule has 0 N–H and O–H groups in total. The Morgan fingerprint density at radius 1 is 1.14 bits per heavy atom. The lowest BCUT2D eigenvalue weighted by Crippen LogP contribution is -2.40. The van der Waals surface area contributed by atoms with Gasteiger partial charge >= 0.3 is 0 Å². The summed E-state index contributed by atoms with van der Waals surface area (Å²) in [5.74, 6) is 1.81. The molecule has 0 bridgehead atoms. The van der Waals surface area contributed by atoms with Crippen molar-refractivity contribution in [1.29, 1.82) is 0 Å². The largest absolute Gasteiger partial charge is 0.340 e. The van der Waals surface area contributed by atoms with E-state index in [1.807, 2.05) is 13.8 Å². The van der Waals surface area contributed by atoms with Gasteiger partial charge in [0.2, 0.25) is 0 Å². The summed E-state index contributed by atoms with van der Waals surface area (Å²) in [5, 5.41) is 0. The van der Waals surface area contributed by atoms with E-state index in [1.54, 1.807) is 0 Å². The summed E-state index contributed by atoms with van der Waals surface area (Å²) in [6, 6.07) is 0. The number of hydrogen-bond donors (Lipinski definition) is 0. The van der Waals surface area contributed by atoms with Crippen LogP contribution in [0.2, 0.25) is 0 Å². The predicted molar refractivity (Wildman–Crippen MR) is 86.0 cm³/mol. The van der Waals surface area contributed by atoms with Crippen molar-refractivity contribution in [1.82, 2.24) is 0 Å². The smallest absolute Gasteiger partial charge is 0.188 e. The summed E-state index contributed by atoms with van der Waals surface area (Å²) in [4.78, 5) is 0. The molecule has 0 amide bonds. The van der Waals surface area contributed by atoms with Gasteiger partial charge in [-0.05, 0) is 68.8 Å². The highest BCUT2D eigenvalue weighted by molar-refractivity contribution is 5.12. The van der Waals surface area contributed by atoms with Gasteiger partial charge in [0.15, 0.2) is 5.79 Å². The summed E-state index contributed by atoms with van der Waals surface area (Å²) >= 11 is 0. The van der Waals surface area contributed by atoms with Gasteiger partial charge in [-0.2, -0.15) is 0 Å². The van der Waals surface area contributed by atoms with Crippen molar-refractivity contribution in [3.8, 4) is 0 Å². The summed E-state index contributed by atoms with van der Waals surface area (Å²) in [6.45, 7) is 17.7. The molecule has 2 nitrogen and oxygen atoms in total. The molecule has 120 valence electrons. The van der Waals surface area contributed by atoms with E-state index in [2.05, 4.69) is 34.3 Å². The van der Waals surface area contributed by atoms with E-state index < -0.39 is 5.79 Å². The van der Waals surface area contributed by atoms with Crippen LogP contribution < -0.4 is 0 Å². The second kappa shape index (κ2) is 4.58. The monoisotopic (exact) mass is 292 g/mol. The fraction of sp³-hybridized carbons (Fsp3) is 0.895. The van der Waals surface area contributed by atoms with Gasteiger partial charge in [0.1, 0.15) is 0 Å². The van der Waals surface area contributed by atoms with Crippen molar-refractivity contribution < 1.29 is 9.47 Å². The topological polar surface area (TPSA) is 18.5 Å². The molecule has 21 heavy (non-hydrogen) atoms. The molecule has 0 aromatic heterocycles. The lowest BCUT2D eigenvalue weighted by Gasteiger charge is -2.39. The molecule has 1 unspecified atom stereocenters. The third-order valence-corrected chi connectivity index (χ3v) is 6.73. The molecule has 2 saturated carbocycles. The standard InChI is InChI=1S/C19H32O2/c1-12(2)19(7)20-16-10-14-13(3)8-9-15(14)17(4,5)11-18(16,6)21-19/h13-16H,1,8-11H2,2-7H3/t13-,14?,15-,16+,18-,19+/m1/s1. The quantitative estimate of drug-likeness (QED) is 0.638. The van der Waals surface area contributed by atoms with Crippen LogP contribution in [0.25, 0.3) is 0 Å². The van der Waals surface area contributed by atoms with Gasteiger partial charge in [0.05, 0.1) is 11.7 Å². The predicted octanol–water partition coefficient (Wildman–Crippen LogP) is 4.94. The van der Waals surface area contributed by atoms with E-state index in [1.165, 1.54) is 12.8 Å². The molecular weight excluding hydrogens is 260 g/mol. The second-order valence-corrected chi connectivity index (χ2v) is 8.97. The van der Waals surface area contributed by atoms with Crippen molar-refractivity contribution in [2.75, 3.05) is 0 Å². The minimum Gasteiger partial charge on any atom is -0.340 e. The third-order valence-electron chi connectivity index (χ3n) is 6.73. The zero-order valence-electron chi connectivity index (χ0n) is 14.7. The number of rotatable bonds is 1. The van der Waals surface area contributed by atoms with E-state index in [4.69, 9.17) is 9.47 Å². The molecule has 3 fully saturated rings. The first-order chi connectivity index (χ1) is 9.57. The molecule has 1 aliphatic heterocycles. The van der Waals surface area contributed by atoms with Crippen LogP contribution in [0.3, 0.4) is 0 Å². The first kappa shape index (κ1) is 15.6. The molecule has 3 aliphatic rings. The second-order valence-electron chi connectivity index (χ2n) is 8.97. The molecule has 1 saturated heterocycles. The summed E-state index contributed by atoms with van der Waals surface area (Å²) in [6.07, 6.45) is 5.19. The SMILES string of the molecule is C=C(C)[C@@]1(C)O[C@H]2CC3[C@H](C)CC[C@H]3C(C)(C)C[C@@]2(C)O1.